The maximum absolute atomic E-state index is 12.0. The lowest BCUT2D eigenvalue weighted by Crippen LogP contribution is -2.24. The van der Waals surface area contributed by atoms with E-state index in [1.54, 1.807) is 0 Å². The van der Waals surface area contributed by atoms with Crippen molar-refractivity contribution < 1.29 is 9.53 Å². The second-order valence-corrected chi connectivity index (χ2v) is 5.53. The maximum Gasteiger partial charge on any atom is 0.333 e. The molecule has 0 atom stereocenters. The van der Waals surface area contributed by atoms with E-state index in [1.807, 2.05) is 0 Å². The van der Waals surface area contributed by atoms with Gasteiger partial charge >= 0.3 is 5.97 Å². The molecule has 104 valence electrons. The van der Waals surface area contributed by atoms with E-state index >= 15 is 0 Å². The van der Waals surface area contributed by atoms with Gasteiger partial charge in [0.05, 0.1) is 0 Å². The smallest absolute Gasteiger partial charge is 0.333 e. The summed E-state index contributed by atoms with van der Waals surface area (Å²) in [6.07, 6.45) is 12.0. The second-order valence-electron chi connectivity index (χ2n) is 5.53. The molecule has 18 heavy (non-hydrogen) atoms. The molecule has 3 heteroatoms. The molecule has 0 aromatic carbocycles. The number of hydrogen-bond acceptors (Lipinski definition) is 3. The van der Waals surface area contributed by atoms with Crippen molar-refractivity contribution in [2.24, 2.45) is 5.92 Å². The molecule has 2 saturated carbocycles. The third-order valence-corrected chi connectivity index (χ3v) is 4.19. The topological polar surface area (TPSA) is 61.3 Å². The number of esters is 1. The molecule has 0 bridgehead atoms. The Bertz CT molecular complexity index is 276. The van der Waals surface area contributed by atoms with Crippen molar-refractivity contribution in [1.82, 2.24) is 6.15 Å². The van der Waals surface area contributed by atoms with Crippen LogP contribution in [0.4, 0.5) is 0 Å². The summed E-state index contributed by atoms with van der Waals surface area (Å²) < 4.78 is 5.57. The Morgan fingerprint density at radius 1 is 0.889 bits per heavy atom. The zero-order valence-corrected chi connectivity index (χ0v) is 11.5. The van der Waals surface area contributed by atoms with Crippen LogP contribution in [0.25, 0.3) is 0 Å². The van der Waals surface area contributed by atoms with Crippen LogP contribution in [0.2, 0.25) is 0 Å². The van der Waals surface area contributed by atoms with Crippen molar-refractivity contribution in [1.29, 1.82) is 0 Å². The number of rotatable bonds is 3. The lowest BCUT2D eigenvalue weighted by molar-refractivity contribution is -0.146. The number of carbonyl (C=O) groups is 1. The van der Waals surface area contributed by atoms with Crippen molar-refractivity contribution in [3.05, 3.63) is 12.2 Å². The number of ether oxygens (including phenoxy) is 1. The molecule has 2 aliphatic rings. The predicted molar refractivity (Wildman–Crippen MR) is 73.7 cm³/mol. The van der Waals surface area contributed by atoms with Gasteiger partial charge in [0, 0.05) is 5.57 Å². The molecule has 0 radical (unpaired) electrons. The minimum Gasteiger partial charge on any atom is -0.459 e. The molecular formula is C15H27NO2. The van der Waals surface area contributed by atoms with E-state index in [0.29, 0.717) is 5.92 Å². The Hall–Kier alpha value is -0.830. The number of hydrogen-bond donors (Lipinski definition) is 1. The highest BCUT2D eigenvalue weighted by Gasteiger charge is 2.25. The summed E-state index contributed by atoms with van der Waals surface area (Å²) in [6.45, 7) is 3.97. The minimum absolute atomic E-state index is 0. The average Bonchev–Trinajstić information content (AvgIpc) is 2.40. The molecule has 0 heterocycles. The second kappa shape index (κ2) is 7.57. The van der Waals surface area contributed by atoms with E-state index in [2.05, 4.69) is 6.58 Å². The fourth-order valence-corrected chi connectivity index (χ4v) is 3.03. The van der Waals surface area contributed by atoms with Gasteiger partial charge in [-0.05, 0) is 44.4 Å². The van der Waals surface area contributed by atoms with Gasteiger partial charge in [0.25, 0.3) is 0 Å². The largest absolute Gasteiger partial charge is 0.459 e. The summed E-state index contributed by atoms with van der Waals surface area (Å²) in [4.78, 5) is 12.0. The van der Waals surface area contributed by atoms with Crippen LogP contribution in [0, 0.1) is 5.92 Å². The van der Waals surface area contributed by atoms with Gasteiger partial charge in [-0.2, -0.15) is 0 Å². The lowest BCUT2D eigenvalue weighted by atomic mass is 9.84. The third-order valence-electron chi connectivity index (χ3n) is 4.19. The molecule has 0 amide bonds. The molecule has 0 spiro atoms. The highest BCUT2D eigenvalue weighted by molar-refractivity contribution is 5.88. The molecule has 0 aromatic rings. The normalized spacial score (nSPS) is 22.0. The monoisotopic (exact) mass is 253 g/mol. The highest BCUT2D eigenvalue weighted by Crippen LogP contribution is 2.30. The Balaban J connectivity index is 0.00000162. The van der Waals surface area contributed by atoms with Crippen LogP contribution >= 0.6 is 0 Å². The van der Waals surface area contributed by atoms with Gasteiger partial charge in [-0.25, -0.2) is 4.79 Å². The van der Waals surface area contributed by atoms with Crippen molar-refractivity contribution in [3.63, 3.8) is 0 Å². The summed E-state index contributed by atoms with van der Waals surface area (Å²) in [6, 6.07) is 0. The van der Waals surface area contributed by atoms with Crippen LogP contribution in [0.1, 0.15) is 64.2 Å². The maximum atomic E-state index is 12.0. The van der Waals surface area contributed by atoms with Crippen molar-refractivity contribution in [3.8, 4) is 0 Å². The Morgan fingerprint density at radius 2 is 1.39 bits per heavy atom. The van der Waals surface area contributed by atoms with Crippen LogP contribution in [-0.2, 0) is 9.53 Å². The Morgan fingerprint density at radius 3 is 1.94 bits per heavy atom. The van der Waals surface area contributed by atoms with Crippen LogP contribution in [0.15, 0.2) is 12.2 Å². The molecule has 0 saturated heterocycles. The Kier molecular flexibility index (Phi) is 6.41. The van der Waals surface area contributed by atoms with E-state index in [9.17, 15) is 4.79 Å². The lowest BCUT2D eigenvalue weighted by Gasteiger charge is -2.26. The first-order valence-corrected chi connectivity index (χ1v) is 7.17. The molecule has 0 aliphatic heterocycles. The summed E-state index contributed by atoms with van der Waals surface area (Å²) in [5, 5.41) is 0. The summed E-state index contributed by atoms with van der Waals surface area (Å²) in [5.74, 6) is 0.267. The zero-order valence-electron chi connectivity index (χ0n) is 11.5. The van der Waals surface area contributed by atoms with Crippen molar-refractivity contribution >= 4 is 5.97 Å². The fourth-order valence-electron chi connectivity index (χ4n) is 3.03. The Labute approximate surface area is 111 Å². The molecule has 2 aliphatic carbocycles. The van der Waals surface area contributed by atoms with Gasteiger partial charge in [0.2, 0.25) is 0 Å². The van der Waals surface area contributed by atoms with E-state index in [1.165, 1.54) is 38.5 Å². The zero-order chi connectivity index (χ0) is 12.1. The number of carbonyl (C=O) groups excluding carboxylic acids is 1. The van der Waals surface area contributed by atoms with Crippen molar-refractivity contribution in [2.75, 3.05) is 0 Å². The van der Waals surface area contributed by atoms with E-state index in [4.69, 9.17) is 4.74 Å². The predicted octanol–water partition coefficient (Wildman–Crippen LogP) is 4.16. The van der Waals surface area contributed by atoms with Gasteiger partial charge < -0.3 is 10.9 Å². The van der Waals surface area contributed by atoms with Crippen LogP contribution < -0.4 is 6.15 Å². The van der Waals surface area contributed by atoms with Gasteiger partial charge in [-0.1, -0.05) is 32.3 Å². The molecule has 0 unspecified atom stereocenters. The van der Waals surface area contributed by atoms with Crippen molar-refractivity contribution in [2.45, 2.75) is 70.3 Å². The van der Waals surface area contributed by atoms with E-state index in [-0.39, 0.29) is 18.2 Å². The molecule has 3 N–H and O–H groups in total. The summed E-state index contributed by atoms with van der Waals surface area (Å²) in [5.41, 5.74) is 0.732. The van der Waals surface area contributed by atoms with Gasteiger partial charge in [0.1, 0.15) is 6.10 Å². The first-order valence-electron chi connectivity index (χ1n) is 7.17. The van der Waals surface area contributed by atoms with Gasteiger partial charge in [-0.3, -0.25) is 0 Å². The SMILES string of the molecule is C=C(C(=O)OC1CCCCC1)C1CCCCC1.N. The molecular weight excluding hydrogens is 226 g/mol. The van der Waals surface area contributed by atoms with Crippen LogP contribution in [0.5, 0.6) is 0 Å². The minimum atomic E-state index is -0.121. The highest BCUT2D eigenvalue weighted by atomic mass is 16.5. The average molecular weight is 253 g/mol. The van der Waals surface area contributed by atoms with Gasteiger partial charge in [-0.15, -0.1) is 0 Å². The standard InChI is InChI=1S/C15H24O2.H3N/c1-12(13-8-4-2-5-9-13)15(16)17-14-10-6-3-7-11-14;/h13-14H,1-11H2;1H3. The quantitative estimate of drug-likeness (QED) is 0.606. The summed E-state index contributed by atoms with van der Waals surface area (Å²) in [7, 11) is 0. The molecule has 2 rings (SSSR count). The van der Waals surface area contributed by atoms with Gasteiger partial charge in [0.15, 0.2) is 0 Å². The van der Waals surface area contributed by atoms with E-state index < -0.39 is 0 Å². The molecule has 2 fully saturated rings. The molecule has 0 aromatic heterocycles. The fraction of sp³-hybridized carbons (Fsp3) is 0.800. The molecule has 3 nitrogen and oxygen atoms in total. The van der Waals surface area contributed by atoms with Crippen LogP contribution in [-0.4, -0.2) is 12.1 Å². The van der Waals surface area contributed by atoms with E-state index in [0.717, 1.165) is 31.3 Å². The van der Waals surface area contributed by atoms with Crippen LogP contribution in [0.3, 0.4) is 0 Å². The summed E-state index contributed by atoms with van der Waals surface area (Å²) >= 11 is 0. The first-order chi connectivity index (χ1) is 8.27. The third kappa shape index (κ3) is 4.13. The first kappa shape index (κ1) is 15.2.